The second-order valence-electron chi connectivity index (χ2n) is 9.39. The van der Waals surface area contributed by atoms with E-state index < -0.39 is 0 Å². The van der Waals surface area contributed by atoms with Crippen LogP contribution in [-0.4, -0.2) is 62.9 Å². The molecule has 0 spiro atoms. The highest BCUT2D eigenvalue weighted by Gasteiger charge is 2.42. The standard InChI is InChI=1S/C21H29ClFN5O.C2H6/c1-12(20-24-17-8-13(23)7-16(22)19(17)25-20)27-9-14-5-6-15(10-27)28(14)11-18(29)26-21(2,3)4;1-2/h7-8,12,14-15H,5-6,9-11H2,1-4H3,(H,24,25)(H,26,29);1-2H3. The van der Waals surface area contributed by atoms with Crippen LogP contribution in [0.2, 0.25) is 5.02 Å². The number of hydrogen-bond donors (Lipinski definition) is 2. The zero-order valence-corrected chi connectivity index (χ0v) is 20.2. The lowest BCUT2D eigenvalue weighted by Gasteiger charge is -2.43. The smallest absolute Gasteiger partial charge is 0.234 e. The van der Waals surface area contributed by atoms with Crippen molar-refractivity contribution in [2.75, 3.05) is 19.6 Å². The van der Waals surface area contributed by atoms with Gasteiger partial charge in [-0.3, -0.25) is 14.6 Å². The molecule has 4 rings (SSSR count). The predicted molar refractivity (Wildman–Crippen MR) is 124 cm³/mol. The highest BCUT2D eigenvalue weighted by Crippen LogP contribution is 2.34. The Morgan fingerprint density at radius 1 is 1.29 bits per heavy atom. The van der Waals surface area contributed by atoms with Gasteiger partial charge in [0.15, 0.2) is 0 Å². The second kappa shape index (κ2) is 9.43. The quantitative estimate of drug-likeness (QED) is 0.718. The molecule has 6 nitrogen and oxygen atoms in total. The summed E-state index contributed by atoms with van der Waals surface area (Å²) < 4.78 is 13.6. The van der Waals surface area contributed by atoms with Crippen LogP contribution in [0.3, 0.4) is 0 Å². The maximum atomic E-state index is 13.6. The maximum absolute atomic E-state index is 13.6. The molecule has 2 N–H and O–H groups in total. The summed E-state index contributed by atoms with van der Waals surface area (Å²) in [4.78, 5) is 25.1. The summed E-state index contributed by atoms with van der Waals surface area (Å²) in [7, 11) is 0. The second-order valence-corrected chi connectivity index (χ2v) is 9.80. The van der Waals surface area contributed by atoms with E-state index in [9.17, 15) is 9.18 Å². The van der Waals surface area contributed by atoms with Crippen molar-refractivity contribution >= 4 is 28.5 Å². The first-order valence-electron chi connectivity index (χ1n) is 11.3. The number of halogens is 2. The third-order valence-electron chi connectivity index (χ3n) is 5.97. The minimum atomic E-state index is -0.370. The lowest BCUT2D eigenvalue weighted by atomic mass is 10.1. The van der Waals surface area contributed by atoms with Gasteiger partial charge in [-0.25, -0.2) is 9.37 Å². The Balaban J connectivity index is 0.00000132. The average molecular weight is 452 g/mol. The van der Waals surface area contributed by atoms with Crippen LogP contribution in [0.5, 0.6) is 0 Å². The Morgan fingerprint density at radius 3 is 2.48 bits per heavy atom. The number of nitrogens with zero attached hydrogens (tertiary/aromatic N) is 3. The van der Waals surface area contributed by atoms with Crippen LogP contribution in [0.4, 0.5) is 4.39 Å². The number of aromatic nitrogens is 2. The molecular formula is C23H35ClFN5O. The summed E-state index contributed by atoms with van der Waals surface area (Å²) >= 11 is 6.16. The minimum absolute atomic E-state index is 0.0650. The summed E-state index contributed by atoms with van der Waals surface area (Å²) in [5.74, 6) is 0.515. The normalized spacial score (nSPS) is 22.8. The topological polar surface area (TPSA) is 64.3 Å². The molecule has 31 heavy (non-hydrogen) atoms. The first-order chi connectivity index (χ1) is 14.6. The molecule has 8 heteroatoms. The number of nitrogens with one attached hydrogen (secondary N) is 2. The molecule has 2 aromatic rings. The number of rotatable bonds is 4. The van der Waals surface area contributed by atoms with Gasteiger partial charge in [0.05, 0.1) is 23.1 Å². The van der Waals surface area contributed by atoms with Crippen molar-refractivity contribution in [3.05, 3.63) is 28.8 Å². The Kier molecular flexibility index (Phi) is 7.28. The predicted octanol–water partition coefficient (Wildman–Crippen LogP) is 4.51. The maximum Gasteiger partial charge on any atom is 0.234 e. The molecule has 2 aliphatic heterocycles. The molecule has 172 valence electrons. The molecule has 0 aliphatic carbocycles. The number of likely N-dealkylation sites (tertiary alicyclic amines) is 1. The molecule has 2 bridgehead atoms. The highest BCUT2D eigenvalue weighted by molar-refractivity contribution is 6.34. The molecule has 0 radical (unpaired) electrons. The number of aromatic amines is 1. The van der Waals surface area contributed by atoms with E-state index >= 15 is 0 Å². The fourth-order valence-corrected chi connectivity index (χ4v) is 4.90. The molecule has 0 saturated carbocycles. The summed E-state index contributed by atoms with van der Waals surface area (Å²) in [6, 6.07) is 3.52. The molecule has 2 fully saturated rings. The van der Waals surface area contributed by atoms with Gasteiger partial charge in [0.25, 0.3) is 0 Å². The van der Waals surface area contributed by atoms with Gasteiger partial charge in [-0.15, -0.1) is 0 Å². The van der Waals surface area contributed by atoms with Crippen molar-refractivity contribution in [1.29, 1.82) is 0 Å². The third kappa shape index (κ3) is 5.38. The van der Waals surface area contributed by atoms with Gasteiger partial charge in [-0.2, -0.15) is 0 Å². The van der Waals surface area contributed by atoms with Crippen molar-refractivity contribution in [1.82, 2.24) is 25.1 Å². The minimum Gasteiger partial charge on any atom is -0.350 e. The van der Waals surface area contributed by atoms with Crippen LogP contribution in [0.25, 0.3) is 11.0 Å². The molecule has 1 aromatic heterocycles. The summed E-state index contributed by atoms with van der Waals surface area (Å²) in [6.07, 6.45) is 2.21. The van der Waals surface area contributed by atoms with E-state index in [1.165, 1.54) is 12.1 Å². The molecule has 1 aromatic carbocycles. The van der Waals surface area contributed by atoms with Gasteiger partial charge in [-0.1, -0.05) is 25.4 Å². The zero-order chi connectivity index (χ0) is 22.9. The van der Waals surface area contributed by atoms with Gasteiger partial charge in [0.1, 0.15) is 17.2 Å². The van der Waals surface area contributed by atoms with E-state index in [4.69, 9.17) is 11.6 Å². The molecule has 2 saturated heterocycles. The van der Waals surface area contributed by atoms with E-state index in [-0.39, 0.29) is 23.3 Å². The lowest BCUT2D eigenvalue weighted by molar-refractivity contribution is -0.125. The SMILES string of the molecule is CC.CC(c1nc2c(Cl)cc(F)cc2[nH]1)N1CC2CCC(C1)N2CC(=O)NC(C)(C)C. The van der Waals surface area contributed by atoms with Gasteiger partial charge < -0.3 is 10.3 Å². The van der Waals surface area contributed by atoms with Gasteiger partial charge in [-0.05, 0) is 52.7 Å². The first-order valence-corrected chi connectivity index (χ1v) is 11.6. The van der Waals surface area contributed by atoms with Gasteiger partial charge >= 0.3 is 0 Å². The number of carbonyl (C=O) groups is 1. The van der Waals surface area contributed by atoms with Crippen LogP contribution in [-0.2, 0) is 4.79 Å². The van der Waals surface area contributed by atoms with Crippen LogP contribution in [0, 0.1) is 5.82 Å². The number of H-pyrrole nitrogens is 1. The van der Waals surface area contributed by atoms with Crippen molar-refractivity contribution in [3.63, 3.8) is 0 Å². The molecule has 2 aliphatic rings. The van der Waals surface area contributed by atoms with Crippen molar-refractivity contribution in [3.8, 4) is 0 Å². The Bertz CT molecular complexity index is 911. The van der Waals surface area contributed by atoms with Crippen LogP contribution in [0.15, 0.2) is 12.1 Å². The molecule has 3 heterocycles. The number of amides is 1. The van der Waals surface area contributed by atoms with Crippen LogP contribution >= 0.6 is 11.6 Å². The molecule has 3 atom stereocenters. The fourth-order valence-electron chi connectivity index (χ4n) is 4.65. The zero-order valence-electron chi connectivity index (χ0n) is 19.4. The Morgan fingerprint density at radius 2 is 1.90 bits per heavy atom. The van der Waals surface area contributed by atoms with Crippen molar-refractivity contribution in [2.45, 2.75) is 78.0 Å². The number of benzene rings is 1. The van der Waals surface area contributed by atoms with E-state index in [2.05, 4.69) is 32.0 Å². The van der Waals surface area contributed by atoms with Crippen molar-refractivity contribution < 1.29 is 9.18 Å². The fraction of sp³-hybridized carbons (Fsp3) is 0.652. The summed E-state index contributed by atoms with van der Waals surface area (Å²) in [5.41, 5.74) is 1.02. The number of hydrogen-bond acceptors (Lipinski definition) is 4. The molecule has 1 amide bonds. The van der Waals surface area contributed by atoms with Crippen LogP contribution < -0.4 is 5.32 Å². The Labute approximate surface area is 189 Å². The van der Waals surface area contributed by atoms with E-state index in [0.29, 0.717) is 34.7 Å². The number of carbonyl (C=O) groups excluding carboxylic acids is 1. The lowest BCUT2D eigenvalue weighted by Crippen LogP contribution is -2.57. The van der Waals surface area contributed by atoms with Crippen molar-refractivity contribution in [2.24, 2.45) is 0 Å². The van der Waals surface area contributed by atoms with Gasteiger partial charge in [0, 0.05) is 30.7 Å². The van der Waals surface area contributed by atoms with E-state index in [1.807, 2.05) is 34.6 Å². The number of fused-ring (bicyclic) bond motifs is 3. The van der Waals surface area contributed by atoms with E-state index in [0.717, 1.165) is 31.8 Å². The first kappa shape index (κ1) is 24.0. The number of imidazole rings is 1. The Hall–Kier alpha value is -1.70. The third-order valence-corrected chi connectivity index (χ3v) is 6.26. The van der Waals surface area contributed by atoms with Gasteiger partial charge in [0.2, 0.25) is 5.91 Å². The van der Waals surface area contributed by atoms with Crippen LogP contribution in [0.1, 0.15) is 66.3 Å². The summed E-state index contributed by atoms with van der Waals surface area (Å²) in [6.45, 7) is 14.4. The van der Waals surface area contributed by atoms with E-state index in [1.54, 1.807) is 0 Å². The molecular weight excluding hydrogens is 417 g/mol. The number of piperazine rings is 1. The molecule has 3 unspecified atom stereocenters. The monoisotopic (exact) mass is 451 g/mol. The average Bonchev–Trinajstić information content (AvgIpc) is 3.18. The summed E-state index contributed by atoms with van der Waals surface area (Å²) in [5, 5.41) is 3.39. The highest BCUT2D eigenvalue weighted by atomic mass is 35.5. The largest absolute Gasteiger partial charge is 0.350 e.